The zero-order chi connectivity index (χ0) is 13.7. The highest BCUT2D eigenvalue weighted by Gasteiger charge is 2.18. The minimum atomic E-state index is 0.728. The van der Waals surface area contributed by atoms with Crippen molar-refractivity contribution < 1.29 is 0 Å². The van der Waals surface area contributed by atoms with E-state index in [0.29, 0.717) is 0 Å². The number of benzene rings is 1. The number of halogens is 2. The SMILES string of the molecule is CNCCC1CCN(Cc2cc(Cl)cc(Cl)c2)CC1. The van der Waals surface area contributed by atoms with Crippen LogP contribution >= 0.6 is 23.2 Å². The van der Waals surface area contributed by atoms with E-state index in [2.05, 4.69) is 10.2 Å². The van der Waals surface area contributed by atoms with Gasteiger partial charge in [0.25, 0.3) is 0 Å². The second-order valence-corrected chi connectivity index (χ2v) is 6.26. The summed E-state index contributed by atoms with van der Waals surface area (Å²) in [5.74, 6) is 0.881. The van der Waals surface area contributed by atoms with Crippen molar-refractivity contribution in [2.24, 2.45) is 5.92 Å². The van der Waals surface area contributed by atoms with E-state index < -0.39 is 0 Å². The summed E-state index contributed by atoms with van der Waals surface area (Å²) in [4.78, 5) is 2.50. The Bertz CT molecular complexity index is 381. The fourth-order valence-corrected chi connectivity index (χ4v) is 3.31. The van der Waals surface area contributed by atoms with Crippen LogP contribution in [0.25, 0.3) is 0 Å². The fourth-order valence-electron chi connectivity index (χ4n) is 2.74. The van der Waals surface area contributed by atoms with Gasteiger partial charge >= 0.3 is 0 Å². The van der Waals surface area contributed by atoms with E-state index in [-0.39, 0.29) is 0 Å². The first-order valence-electron chi connectivity index (χ1n) is 6.99. The monoisotopic (exact) mass is 300 g/mol. The molecule has 1 aliphatic heterocycles. The van der Waals surface area contributed by atoms with Gasteiger partial charge in [-0.05, 0) is 75.6 Å². The first-order valence-corrected chi connectivity index (χ1v) is 7.75. The molecule has 1 aromatic rings. The van der Waals surface area contributed by atoms with Crippen LogP contribution in [-0.2, 0) is 6.54 Å². The Labute approximate surface area is 126 Å². The van der Waals surface area contributed by atoms with Crippen molar-refractivity contribution >= 4 is 23.2 Å². The van der Waals surface area contributed by atoms with Gasteiger partial charge in [-0.15, -0.1) is 0 Å². The van der Waals surface area contributed by atoms with Crippen molar-refractivity contribution in [2.45, 2.75) is 25.8 Å². The summed E-state index contributed by atoms with van der Waals surface area (Å²) < 4.78 is 0. The van der Waals surface area contributed by atoms with Crippen molar-refractivity contribution in [2.75, 3.05) is 26.7 Å². The van der Waals surface area contributed by atoms with E-state index in [9.17, 15) is 0 Å². The van der Waals surface area contributed by atoms with E-state index in [1.165, 1.54) is 37.9 Å². The van der Waals surface area contributed by atoms with E-state index in [0.717, 1.165) is 29.1 Å². The molecule has 0 spiro atoms. The molecule has 4 heteroatoms. The minimum Gasteiger partial charge on any atom is -0.320 e. The van der Waals surface area contributed by atoms with Crippen molar-refractivity contribution in [3.63, 3.8) is 0 Å². The zero-order valence-electron chi connectivity index (χ0n) is 11.5. The summed E-state index contributed by atoms with van der Waals surface area (Å²) >= 11 is 12.1. The lowest BCUT2D eigenvalue weighted by molar-refractivity contribution is 0.172. The van der Waals surface area contributed by atoms with Gasteiger partial charge < -0.3 is 5.32 Å². The average Bonchev–Trinajstić information content (AvgIpc) is 2.37. The van der Waals surface area contributed by atoms with Gasteiger partial charge in [-0.2, -0.15) is 0 Å². The summed E-state index contributed by atoms with van der Waals surface area (Å²) in [6, 6.07) is 5.82. The standard InChI is InChI=1S/C15H22Cl2N2/c1-18-5-2-12-3-6-19(7-4-12)11-13-8-14(16)10-15(17)9-13/h8-10,12,18H,2-7,11H2,1H3. The Morgan fingerprint density at radius 2 is 1.79 bits per heavy atom. The van der Waals surface area contributed by atoms with Gasteiger partial charge in [-0.1, -0.05) is 23.2 Å². The molecule has 1 heterocycles. The average molecular weight is 301 g/mol. The number of nitrogens with zero attached hydrogens (tertiary/aromatic N) is 1. The van der Waals surface area contributed by atoms with Crippen LogP contribution in [0.3, 0.4) is 0 Å². The van der Waals surface area contributed by atoms with Crippen molar-refractivity contribution in [1.29, 1.82) is 0 Å². The molecule has 1 N–H and O–H groups in total. The van der Waals surface area contributed by atoms with Gasteiger partial charge in [-0.25, -0.2) is 0 Å². The topological polar surface area (TPSA) is 15.3 Å². The summed E-state index contributed by atoms with van der Waals surface area (Å²) in [7, 11) is 2.03. The van der Waals surface area contributed by atoms with E-state index in [1.807, 2.05) is 19.2 Å². The van der Waals surface area contributed by atoms with Crippen LogP contribution < -0.4 is 5.32 Å². The fraction of sp³-hybridized carbons (Fsp3) is 0.600. The normalized spacial score (nSPS) is 17.8. The summed E-state index contributed by atoms with van der Waals surface area (Å²) in [6.07, 6.45) is 3.90. The van der Waals surface area contributed by atoms with Crippen LogP contribution in [0.5, 0.6) is 0 Å². The van der Waals surface area contributed by atoms with Gasteiger partial charge in [-0.3, -0.25) is 4.90 Å². The summed E-state index contributed by atoms with van der Waals surface area (Å²) in [5, 5.41) is 4.69. The first kappa shape index (κ1) is 15.1. The molecule has 1 fully saturated rings. The van der Waals surface area contributed by atoms with Gasteiger partial charge in [0.15, 0.2) is 0 Å². The quantitative estimate of drug-likeness (QED) is 0.889. The Hall–Kier alpha value is -0.280. The third kappa shape index (κ3) is 4.96. The van der Waals surface area contributed by atoms with Crippen molar-refractivity contribution in [3.8, 4) is 0 Å². The molecular weight excluding hydrogens is 279 g/mol. The third-order valence-corrected chi connectivity index (χ3v) is 4.27. The molecule has 0 unspecified atom stereocenters. The second kappa shape index (κ2) is 7.49. The molecule has 19 heavy (non-hydrogen) atoms. The number of piperidine rings is 1. The van der Waals surface area contributed by atoms with Gasteiger partial charge in [0.2, 0.25) is 0 Å². The van der Waals surface area contributed by atoms with Crippen LogP contribution in [-0.4, -0.2) is 31.6 Å². The van der Waals surface area contributed by atoms with Crippen LogP contribution in [0.1, 0.15) is 24.8 Å². The lowest BCUT2D eigenvalue weighted by Crippen LogP contribution is -2.34. The molecule has 0 radical (unpaired) electrons. The Morgan fingerprint density at radius 3 is 2.37 bits per heavy atom. The molecule has 0 atom stereocenters. The maximum Gasteiger partial charge on any atom is 0.0424 e. The molecule has 2 rings (SSSR count). The lowest BCUT2D eigenvalue weighted by Gasteiger charge is -2.32. The van der Waals surface area contributed by atoms with E-state index >= 15 is 0 Å². The van der Waals surface area contributed by atoms with Crippen LogP contribution in [0.4, 0.5) is 0 Å². The predicted molar refractivity (Wildman–Crippen MR) is 83.0 cm³/mol. The zero-order valence-corrected chi connectivity index (χ0v) is 13.0. The molecule has 0 amide bonds. The van der Waals surface area contributed by atoms with Gasteiger partial charge in [0.1, 0.15) is 0 Å². The number of likely N-dealkylation sites (tertiary alicyclic amines) is 1. The molecule has 0 aliphatic carbocycles. The molecule has 1 aromatic carbocycles. The third-order valence-electron chi connectivity index (χ3n) is 3.84. The molecule has 1 saturated heterocycles. The maximum absolute atomic E-state index is 6.04. The highest BCUT2D eigenvalue weighted by Crippen LogP contribution is 2.24. The van der Waals surface area contributed by atoms with E-state index in [4.69, 9.17) is 23.2 Å². The number of hydrogen-bond donors (Lipinski definition) is 1. The number of hydrogen-bond acceptors (Lipinski definition) is 2. The Balaban J connectivity index is 1.82. The summed E-state index contributed by atoms with van der Waals surface area (Å²) in [5.41, 5.74) is 1.21. The van der Waals surface area contributed by atoms with Crippen LogP contribution in [0, 0.1) is 5.92 Å². The smallest absolute Gasteiger partial charge is 0.0424 e. The Kier molecular flexibility index (Phi) is 5.96. The molecule has 0 saturated carbocycles. The molecule has 106 valence electrons. The maximum atomic E-state index is 6.04. The Morgan fingerprint density at radius 1 is 1.16 bits per heavy atom. The van der Waals surface area contributed by atoms with Crippen LogP contribution in [0.15, 0.2) is 18.2 Å². The van der Waals surface area contributed by atoms with Crippen LogP contribution in [0.2, 0.25) is 10.0 Å². The number of rotatable bonds is 5. The van der Waals surface area contributed by atoms with Crippen molar-refractivity contribution in [1.82, 2.24) is 10.2 Å². The first-order chi connectivity index (χ1) is 9.17. The molecule has 0 aromatic heterocycles. The lowest BCUT2D eigenvalue weighted by atomic mass is 9.93. The second-order valence-electron chi connectivity index (χ2n) is 5.39. The molecular formula is C15H22Cl2N2. The minimum absolute atomic E-state index is 0.728. The van der Waals surface area contributed by atoms with Gasteiger partial charge in [0.05, 0.1) is 0 Å². The number of nitrogens with one attached hydrogen (secondary N) is 1. The molecule has 0 bridgehead atoms. The summed E-state index contributed by atoms with van der Waals surface area (Å²) in [6.45, 7) is 4.45. The largest absolute Gasteiger partial charge is 0.320 e. The van der Waals surface area contributed by atoms with Crippen molar-refractivity contribution in [3.05, 3.63) is 33.8 Å². The highest BCUT2D eigenvalue weighted by atomic mass is 35.5. The van der Waals surface area contributed by atoms with Gasteiger partial charge in [0, 0.05) is 16.6 Å². The molecule has 2 nitrogen and oxygen atoms in total. The predicted octanol–water partition coefficient (Wildman–Crippen LogP) is 3.81. The highest BCUT2D eigenvalue weighted by molar-refractivity contribution is 6.34. The van der Waals surface area contributed by atoms with E-state index in [1.54, 1.807) is 6.07 Å². The molecule has 1 aliphatic rings.